The lowest BCUT2D eigenvalue weighted by atomic mass is 10.1. The van der Waals surface area contributed by atoms with E-state index in [-0.39, 0.29) is 30.6 Å². The fraction of sp³-hybridized carbons (Fsp3) is 0.333. The molecule has 5 nitrogen and oxygen atoms in total. The highest BCUT2D eigenvalue weighted by molar-refractivity contribution is 5.87. The van der Waals surface area contributed by atoms with Crippen molar-refractivity contribution in [2.75, 3.05) is 7.11 Å². The summed E-state index contributed by atoms with van der Waals surface area (Å²) in [5, 5.41) is 2.85. The van der Waals surface area contributed by atoms with Crippen LogP contribution in [0.4, 0.5) is 4.39 Å². The second-order valence-corrected chi connectivity index (χ2v) is 6.21. The first-order chi connectivity index (χ1) is 13.0. The van der Waals surface area contributed by atoms with Gasteiger partial charge >= 0.3 is 0 Å². The van der Waals surface area contributed by atoms with E-state index in [2.05, 4.69) is 5.32 Å². The van der Waals surface area contributed by atoms with Crippen molar-refractivity contribution in [3.05, 3.63) is 65.5 Å². The molecule has 0 saturated carbocycles. The van der Waals surface area contributed by atoms with E-state index in [1.54, 1.807) is 33.1 Å². The summed E-state index contributed by atoms with van der Waals surface area (Å²) in [7, 11) is 1.58. The minimum Gasteiger partial charge on any atom is -0.496 e. The first kappa shape index (κ1) is 20.4. The number of hydrogen-bond donors (Lipinski definition) is 1. The third-order valence-corrected chi connectivity index (χ3v) is 4.38. The molecule has 0 aromatic heterocycles. The van der Waals surface area contributed by atoms with E-state index < -0.39 is 6.04 Å². The lowest BCUT2D eigenvalue weighted by molar-refractivity contribution is -0.140. The maximum Gasteiger partial charge on any atom is 0.242 e. The fourth-order valence-electron chi connectivity index (χ4n) is 2.75. The van der Waals surface area contributed by atoms with Crippen molar-refractivity contribution in [3.63, 3.8) is 0 Å². The summed E-state index contributed by atoms with van der Waals surface area (Å²) in [5.41, 5.74) is 1.62. The van der Waals surface area contributed by atoms with Gasteiger partial charge in [0.2, 0.25) is 11.8 Å². The van der Waals surface area contributed by atoms with Gasteiger partial charge in [0.25, 0.3) is 0 Å². The fourth-order valence-corrected chi connectivity index (χ4v) is 2.75. The molecule has 2 aromatic carbocycles. The van der Waals surface area contributed by atoms with E-state index in [1.165, 1.54) is 17.0 Å². The zero-order chi connectivity index (χ0) is 19.8. The van der Waals surface area contributed by atoms with Gasteiger partial charge in [-0.3, -0.25) is 9.59 Å². The molecule has 0 bridgehead atoms. The Morgan fingerprint density at radius 3 is 2.44 bits per heavy atom. The van der Waals surface area contributed by atoms with E-state index in [0.29, 0.717) is 12.3 Å². The molecule has 0 aliphatic rings. The van der Waals surface area contributed by atoms with Crippen LogP contribution < -0.4 is 10.1 Å². The van der Waals surface area contributed by atoms with E-state index in [0.717, 1.165) is 11.1 Å². The molecule has 2 aromatic rings. The Bertz CT molecular complexity index is 777. The first-order valence-corrected chi connectivity index (χ1v) is 8.89. The molecule has 0 unspecified atom stereocenters. The van der Waals surface area contributed by atoms with Crippen molar-refractivity contribution in [1.29, 1.82) is 0 Å². The third-order valence-electron chi connectivity index (χ3n) is 4.38. The minimum absolute atomic E-state index is 0.140. The monoisotopic (exact) mass is 372 g/mol. The molecule has 6 heteroatoms. The highest BCUT2D eigenvalue weighted by Crippen LogP contribution is 2.17. The number of ether oxygens (including phenoxy) is 1. The number of carbonyl (C=O) groups is 2. The number of hydrogen-bond acceptors (Lipinski definition) is 3. The maximum atomic E-state index is 13.1. The van der Waals surface area contributed by atoms with Gasteiger partial charge < -0.3 is 15.0 Å². The van der Waals surface area contributed by atoms with Crippen LogP contribution in [-0.2, 0) is 22.7 Å². The number of amides is 2. The average Bonchev–Trinajstić information content (AvgIpc) is 2.70. The Labute approximate surface area is 159 Å². The van der Waals surface area contributed by atoms with Crippen LogP contribution >= 0.6 is 0 Å². The van der Waals surface area contributed by atoms with E-state index in [4.69, 9.17) is 4.74 Å². The first-order valence-electron chi connectivity index (χ1n) is 8.89. The molecule has 0 radical (unpaired) electrons. The summed E-state index contributed by atoms with van der Waals surface area (Å²) < 4.78 is 18.4. The van der Waals surface area contributed by atoms with E-state index >= 15 is 0 Å². The number of nitrogens with zero attached hydrogens (tertiary/aromatic N) is 1. The normalized spacial score (nSPS) is 11.6. The SMILES string of the molecule is CCC(=O)N(Cc1ccc(F)cc1)[C@H](C)C(=O)NCc1ccccc1OC. The lowest BCUT2D eigenvalue weighted by Gasteiger charge is -2.28. The summed E-state index contributed by atoms with van der Waals surface area (Å²) in [6.07, 6.45) is 0.283. The Kier molecular flexibility index (Phi) is 7.34. The molecule has 1 N–H and O–H groups in total. The molecule has 144 valence electrons. The maximum absolute atomic E-state index is 13.1. The van der Waals surface area contributed by atoms with E-state index in [1.807, 2.05) is 24.3 Å². The van der Waals surface area contributed by atoms with Crippen LogP contribution in [0.15, 0.2) is 48.5 Å². The summed E-state index contributed by atoms with van der Waals surface area (Å²) in [6.45, 7) is 3.99. The van der Waals surface area contributed by atoms with Gasteiger partial charge in [-0.25, -0.2) is 4.39 Å². The van der Waals surface area contributed by atoms with Gasteiger partial charge in [0.1, 0.15) is 17.6 Å². The number of nitrogens with one attached hydrogen (secondary N) is 1. The quantitative estimate of drug-likeness (QED) is 0.774. The van der Waals surface area contributed by atoms with Crippen molar-refractivity contribution in [3.8, 4) is 5.75 Å². The second kappa shape index (κ2) is 9.71. The van der Waals surface area contributed by atoms with Crippen molar-refractivity contribution < 1.29 is 18.7 Å². The van der Waals surface area contributed by atoms with Gasteiger partial charge in [-0.2, -0.15) is 0 Å². The van der Waals surface area contributed by atoms with Gasteiger partial charge in [0.05, 0.1) is 7.11 Å². The number of methoxy groups -OCH3 is 1. The van der Waals surface area contributed by atoms with Crippen LogP contribution in [0.2, 0.25) is 0 Å². The largest absolute Gasteiger partial charge is 0.496 e. The molecule has 2 rings (SSSR count). The van der Waals surface area contributed by atoms with Gasteiger partial charge in [0.15, 0.2) is 0 Å². The van der Waals surface area contributed by atoms with Crippen molar-refractivity contribution >= 4 is 11.8 Å². The van der Waals surface area contributed by atoms with Crippen LogP contribution in [-0.4, -0.2) is 29.9 Å². The number of carbonyl (C=O) groups excluding carboxylic acids is 2. The number of benzene rings is 2. The molecule has 0 fully saturated rings. The molecule has 0 heterocycles. The average molecular weight is 372 g/mol. The van der Waals surface area contributed by atoms with Gasteiger partial charge in [0, 0.05) is 25.1 Å². The minimum atomic E-state index is -0.655. The molecule has 0 saturated heterocycles. The molecule has 0 aliphatic heterocycles. The van der Waals surface area contributed by atoms with Crippen LogP contribution in [0.5, 0.6) is 5.75 Å². The van der Waals surface area contributed by atoms with Crippen LogP contribution in [0, 0.1) is 5.82 Å². The lowest BCUT2D eigenvalue weighted by Crippen LogP contribution is -2.47. The zero-order valence-corrected chi connectivity index (χ0v) is 15.9. The molecule has 0 spiro atoms. The van der Waals surface area contributed by atoms with Gasteiger partial charge in [-0.15, -0.1) is 0 Å². The van der Waals surface area contributed by atoms with Crippen LogP contribution in [0.1, 0.15) is 31.4 Å². The summed E-state index contributed by atoms with van der Waals surface area (Å²) >= 11 is 0. The van der Waals surface area contributed by atoms with Crippen LogP contribution in [0.25, 0.3) is 0 Å². The summed E-state index contributed by atoms with van der Waals surface area (Å²) in [6, 6.07) is 12.7. The Hall–Kier alpha value is -2.89. The second-order valence-electron chi connectivity index (χ2n) is 6.21. The van der Waals surface area contributed by atoms with Gasteiger partial charge in [-0.1, -0.05) is 37.3 Å². The van der Waals surface area contributed by atoms with Crippen molar-refractivity contribution in [2.45, 2.75) is 39.4 Å². The van der Waals surface area contributed by atoms with Crippen molar-refractivity contribution in [2.24, 2.45) is 0 Å². The van der Waals surface area contributed by atoms with Crippen molar-refractivity contribution in [1.82, 2.24) is 10.2 Å². The third kappa shape index (κ3) is 5.54. The van der Waals surface area contributed by atoms with E-state index in [9.17, 15) is 14.0 Å². The highest BCUT2D eigenvalue weighted by Gasteiger charge is 2.25. The Morgan fingerprint density at radius 1 is 1.15 bits per heavy atom. The standard InChI is InChI=1S/C21H25FN2O3/c1-4-20(25)24(14-16-9-11-18(22)12-10-16)15(2)21(26)23-13-17-7-5-6-8-19(17)27-3/h5-12,15H,4,13-14H2,1-3H3,(H,23,26)/t15-/m1/s1. The molecule has 1 atom stereocenters. The molecule has 0 aliphatic carbocycles. The predicted molar refractivity (Wildman–Crippen MR) is 102 cm³/mol. The molecule has 27 heavy (non-hydrogen) atoms. The zero-order valence-electron chi connectivity index (χ0n) is 15.9. The number of rotatable bonds is 8. The van der Waals surface area contributed by atoms with Gasteiger partial charge in [-0.05, 0) is 30.7 Å². The molecular weight excluding hydrogens is 347 g/mol. The Morgan fingerprint density at radius 2 is 1.81 bits per heavy atom. The molecule has 2 amide bonds. The number of para-hydroxylation sites is 1. The highest BCUT2D eigenvalue weighted by atomic mass is 19.1. The number of halogens is 1. The summed E-state index contributed by atoms with van der Waals surface area (Å²) in [4.78, 5) is 26.5. The predicted octanol–water partition coefficient (Wildman–Crippen LogP) is 3.28. The smallest absolute Gasteiger partial charge is 0.242 e. The Balaban J connectivity index is 2.07. The van der Waals surface area contributed by atoms with Crippen LogP contribution in [0.3, 0.4) is 0 Å². The summed E-state index contributed by atoms with van der Waals surface area (Å²) in [5.74, 6) is -0.0444. The molecular formula is C21H25FN2O3. The topological polar surface area (TPSA) is 58.6 Å².